The lowest BCUT2D eigenvalue weighted by Crippen LogP contribution is -2.39. The third-order valence-corrected chi connectivity index (χ3v) is 3.50. The molecule has 0 fully saturated rings. The Bertz CT molecular complexity index is 659. The van der Waals surface area contributed by atoms with Gasteiger partial charge in [-0.05, 0) is 42.7 Å². The minimum absolute atomic E-state index is 0.237. The average Bonchev–Trinajstić information content (AvgIpc) is 2.50. The van der Waals surface area contributed by atoms with Crippen LogP contribution in [0.2, 0.25) is 5.15 Å². The van der Waals surface area contributed by atoms with E-state index in [9.17, 15) is 4.79 Å². The number of pyridine rings is 1. The lowest BCUT2D eigenvalue weighted by Gasteiger charge is -2.17. The van der Waals surface area contributed by atoms with Crippen LogP contribution in [0.4, 0.5) is 10.5 Å². The van der Waals surface area contributed by atoms with Gasteiger partial charge in [0.15, 0.2) is 11.4 Å². The van der Waals surface area contributed by atoms with E-state index in [0.717, 1.165) is 0 Å². The van der Waals surface area contributed by atoms with Gasteiger partial charge in [0.25, 0.3) is 0 Å². The average molecular weight is 334 g/mol. The van der Waals surface area contributed by atoms with Crippen LogP contribution in [0.3, 0.4) is 0 Å². The van der Waals surface area contributed by atoms with E-state index in [-0.39, 0.29) is 5.15 Å². The summed E-state index contributed by atoms with van der Waals surface area (Å²) in [5, 5.41) is 5.55. The van der Waals surface area contributed by atoms with Gasteiger partial charge in [0, 0.05) is 6.20 Å². The number of aromatic nitrogens is 1. The molecule has 0 bridgehead atoms. The Balaban J connectivity index is 1.87. The molecular formula is C17H20ClN3O2. The lowest BCUT2D eigenvalue weighted by atomic mass is 10.0. The molecule has 1 unspecified atom stereocenters. The highest BCUT2D eigenvalue weighted by Crippen LogP contribution is 2.19. The van der Waals surface area contributed by atoms with Crippen LogP contribution in [0.15, 0.2) is 42.6 Å². The zero-order valence-electron chi connectivity index (χ0n) is 13.3. The third-order valence-electron chi connectivity index (χ3n) is 3.20. The standard InChI is InChI=1S/C17H20ClN3O2/c1-11(2)13-6-8-14(9-7-13)23-12(3)20-17(22)21-15-5-4-10-19-16(15)18/h4-12H,1-3H3,(H2,20,21,22). The zero-order chi connectivity index (χ0) is 16.8. The van der Waals surface area contributed by atoms with Crippen molar-refractivity contribution in [3.8, 4) is 5.75 Å². The topological polar surface area (TPSA) is 63.2 Å². The quantitative estimate of drug-likeness (QED) is 0.629. The largest absolute Gasteiger partial charge is 0.471 e. The molecule has 2 rings (SSSR count). The summed E-state index contributed by atoms with van der Waals surface area (Å²) < 4.78 is 5.67. The minimum atomic E-state index is -0.490. The first-order chi connectivity index (χ1) is 11.0. The Morgan fingerprint density at radius 3 is 2.48 bits per heavy atom. The van der Waals surface area contributed by atoms with Crippen LogP contribution in [0.5, 0.6) is 5.75 Å². The van der Waals surface area contributed by atoms with Crippen molar-refractivity contribution >= 4 is 23.3 Å². The van der Waals surface area contributed by atoms with Crippen molar-refractivity contribution in [3.05, 3.63) is 53.3 Å². The summed E-state index contributed by atoms with van der Waals surface area (Å²) in [5.41, 5.74) is 1.68. The van der Waals surface area contributed by atoms with Gasteiger partial charge in [0.1, 0.15) is 5.75 Å². The highest BCUT2D eigenvalue weighted by Gasteiger charge is 2.10. The van der Waals surface area contributed by atoms with Crippen LogP contribution in [-0.4, -0.2) is 17.2 Å². The number of halogens is 1. The molecule has 1 atom stereocenters. The molecule has 0 aliphatic rings. The second kappa shape index (κ2) is 7.83. The molecule has 2 N–H and O–H groups in total. The van der Waals surface area contributed by atoms with E-state index >= 15 is 0 Å². The summed E-state index contributed by atoms with van der Waals surface area (Å²) in [6.45, 7) is 6.02. The highest BCUT2D eigenvalue weighted by molar-refractivity contribution is 6.32. The molecule has 122 valence electrons. The van der Waals surface area contributed by atoms with Gasteiger partial charge >= 0.3 is 6.03 Å². The number of urea groups is 1. The maximum absolute atomic E-state index is 11.9. The predicted molar refractivity (Wildman–Crippen MR) is 92.0 cm³/mol. The van der Waals surface area contributed by atoms with Gasteiger partial charge in [-0.25, -0.2) is 9.78 Å². The van der Waals surface area contributed by atoms with Crippen LogP contribution in [0.25, 0.3) is 0 Å². The number of benzene rings is 1. The Morgan fingerprint density at radius 1 is 1.17 bits per heavy atom. The Kier molecular flexibility index (Phi) is 5.82. The summed E-state index contributed by atoms with van der Waals surface area (Å²) >= 11 is 5.89. The van der Waals surface area contributed by atoms with Crippen LogP contribution >= 0.6 is 11.6 Å². The van der Waals surface area contributed by atoms with Crippen molar-refractivity contribution in [3.63, 3.8) is 0 Å². The van der Waals surface area contributed by atoms with Gasteiger partial charge in [-0.3, -0.25) is 0 Å². The van der Waals surface area contributed by atoms with E-state index in [4.69, 9.17) is 16.3 Å². The fraction of sp³-hybridized carbons (Fsp3) is 0.294. The summed E-state index contributed by atoms with van der Waals surface area (Å²) in [7, 11) is 0. The molecule has 0 saturated carbocycles. The summed E-state index contributed by atoms with van der Waals surface area (Å²) in [5.74, 6) is 1.16. The SMILES string of the molecule is CC(NC(=O)Nc1cccnc1Cl)Oc1ccc(C(C)C)cc1. The number of anilines is 1. The van der Waals surface area contributed by atoms with E-state index in [0.29, 0.717) is 17.4 Å². The number of hydrogen-bond acceptors (Lipinski definition) is 3. The second-order valence-corrected chi connectivity index (χ2v) is 5.78. The molecule has 0 radical (unpaired) electrons. The lowest BCUT2D eigenvalue weighted by molar-refractivity contribution is 0.183. The van der Waals surface area contributed by atoms with Crippen LogP contribution in [0, 0.1) is 0 Å². The minimum Gasteiger partial charge on any atom is -0.471 e. The molecule has 1 aromatic heterocycles. The van der Waals surface area contributed by atoms with Crippen molar-refractivity contribution in [2.45, 2.75) is 32.9 Å². The molecule has 2 aromatic rings. The van der Waals surface area contributed by atoms with Gasteiger partial charge in [0.05, 0.1) is 5.69 Å². The molecule has 0 aliphatic heterocycles. The molecule has 1 aromatic carbocycles. The first-order valence-electron chi connectivity index (χ1n) is 7.40. The molecule has 5 nitrogen and oxygen atoms in total. The fourth-order valence-corrected chi connectivity index (χ4v) is 2.15. The first-order valence-corrected chi connectivity index (χ1v) is 7.78. The molecular weight excluding hydrogens is 314 g/mol. The van der Waals surface area contributed by atoms with Gasteiger partial charge in [-0.2, -0.15) is 0 Å². The molecule has 6 heteroatoms. The van der Waals surface area contributed by atoms with Crippen molar-refractivity contribution in [1.29, 1.82) is 0 Å². The zero-order valence-corrected chi connectivity index (χ0v) is 14.1. The van der Waals surface area contributed by atoms with Crippen LogP contribution in [-0.2, 0) is 0 Å². The summed E-state index contributed by atoms with van der Waals surface area (Å²) in [6, 6.07) is 10.8. The molecule has 23 heavy (non-hydrogen) atoms. The maximum atomic E-state index is 11.9. The number of hydrogen-bond donors (Lipinski definition) is 2. The van der Waals surface area contributed by atoms with Crippen molar-refractivity contribution in [2.24, 2.45) is 0 Å². The normalized spacial score (nSPS) is 11.9. The van der Waals surface area contributed by atoms with E-state index in [1.807, 2.05) is 24.3 Å². The first kappa shape index (κ1) is 17.1. The molecule has 0 saturated heterocycles. The number of amides is 2. The van der Waals surface area contributed by atoms with Crippen molar-refractivity contribution in [2.75, 3.05) is 5.32 Å². The van der Waals surface area contributed by atoms with Gasteiger partial charge < -0.3 is 15.4 Å². The maximum Gasteiger partial charge on any atom is 0.322 e. The Morgan fingerprint density at radius 2 is 1.87 bits per heavy atom. The third kappa shape index (κ3) is 5.14. The van der Waals surface area contributed by atoms with E-state index < -0.39 is 12.3 Å². The number of rotatable bonds is 5. The Hall–Kier alpha value is -2.27. The van der Waals surface area contributed by atoms with Crippen LogP contribution in [0.1, 0.15) is 32.3 Å². The van der Waals surface area contributed by atoms with Crippen LogP contribution < -0.4 is 15.4 Å². The van der Waals surface area contributed by atoms with Gasteiger partial charge in [-0.15, -0.1) is 0 Å². The van der Waals surface area contributed by atoms with Gasteiger partial charge in [0.2, 0.25) is 0 Å². The van der Waals surface area contributed by atoms with Crippen molar-refractivity contribution in [1.82, 2.24) is 10.3 Å². The summed E-state index contributed by atoms with van der Waals surface area (Å²) in [6.07, 6.45) is 1.06. The number of ether oxygens (including phenoxy) is 1. The van der Waals surface area contributed by atoms with Gasteiger partial charge in [-0.1, -0.05) is 37.6 Å². The second-order valence-electron chi connectivity index (χ2n) is 5.42. The Labute approximate surface area is 141 Å². The number of carbonyl (C=O) groups is 1. The number of nitrogens with zero attached hydrogens (tertiary/aromatic N) is 1. The highest BCUT2D eigenvalue weighted by atomic mass is 35.5. The van der Waals surface area contributed by atoms with E-state index in [1.165, 1.54) is 5.56 Å². The van der Waals surface area contributed by atoms with E-state index in [1.54, 1.807) is 25.3 Å². The smallest absolute Gasteiger partial charge is 0.322 e. The molecule has 0 spiro atoms. The monoisotopic (exact) mass is 333 g/mol. The summed E-state index contributed by atoms with van der Waals surface area (Å²) in [4.78, 5) is 15.8. The van der Waals surface area contributed by atoms with E-state index in [2.05, 4.69) is 29.5 Å². The number of carbonyl (C=O) groups excluding carboxylic acids is 1. The molecule has 1 heterocycles. The predicted octanol–water partition coefficient (Wildman–Crippen LogP) is 4.40. The number of nitrogens with one attached hydrogen (secondary N) is 2. The van der Waals surface area contributed by atoms with Crippen molar-refractivity contribution < 1.29 is 9.53 Å². The fourth-order valence-electron chi connectivity index (χ4n) is 1.99. The molecule has 0 aliphatic carbocycles. The molecule has 2 amide bonds.